The summed E-state index contributed by atoms with van der Waals surface area (Å²) in [5.74, 6) is 0.0769. The second kappa shape index (κ2) is 8.32. The lowest BCUT2D eigenvalue weighted by Crippen LogP contribution is -2.16. The van der Waals surface area contributed by atoms with Crippen LogP contribution in [0.15, 0.2) is 36.4 Å². The van der Waals surface area contributed by atoms with Crippen LogP contribution in [0, 0.1) is 5.92 Å². The number of hydrogen-bond donors (Lipinski definition) is 1. The zero-order valence-electron chi connectivity index (χ0n) is 12.4. The van der Waals surface area contributed by atoms with E-state index in [4.69, 9.17) is 16.3 Å². The van der Waals surface area contributed by atoms with Gasteiger partial charge in [-0.05, 0) is 42.2 Å². The molecule has 0 aliphatic carbocycles. The van der Waals surface area contributed by atoms with Gasteiger partial charge in [-0.1, -0.05) is 23.7 Å². The molecule has 3 nitrogen and oxygen atoms in total. The summed E-state index contributed by atoms with van der Waals surface area (Å²) in [4.78, 5) is 13.3. The van der Waals surface area contributed by atoms with Gasteiger partial charge in [0.15, 0.2) is 5.06 Å². The smallest absolute Gasteiger partial charge is 0.173 e. The van der Waals surface area contributed by atoms with E-state index in [1.807, 2.05) is 24.3 Å². The molecule has 0 fully saturated rings. The van der Waals surface area contributed by atoms with Crippen LogP contribution in [0.5, 0.6) is 5.06 Å². The van der Waals surface area contributed by atoms with Crippen molar-refractivity contribution in [2.24, 2.45) is 5.92 Å². The molecule has 0 saturated heterocycles. The van der Waals surface area contributed by atoms with Crippen molar-refractivity contribution in [2.45, 2.75) is 19.3 Å². The molecule has 0 amide bonds. The number of hydrogen-bond acceptors (Lipinski definition) is 4. The van der Waals surface area contributed by atoms with Crippen molar-refractivity contribution in [3.05, 3.63) is 51.9 Å². The Kier molecular flexibility index (Phi) is 6.43. The number of methoxy groups -OCH3 is 1. The standard InChI is InChI=1S/C17H19ClO3S/c1-21-17-7-6-16(22-17)10-13(11-19)9-15(20)8-12-2-4-14(18)5-3-12/h2-7,13,19H,8-11H2,1H3. The Bertz CT molecular complexity index is 607. The molecule has 0 aliphatic rings. The average molecular weight is 339 g/mol. The molecule has 0 radical (unpaired) electrons. The van der Waals surface area contributed by atoms with E-state index in [9.17, 15) is 9.90 Å². The lowest BCUT2D eigenvalue weighted by Gasteiger charge is -2.12. The summed E-state index contributed by atoms with van der Waals surface area (Å²) in [5, 5.41) is 11.0. The third-order valence-corrected chi connectivity index (χ3v) is 4.74. The molecule has 5 heteroatoms. The topological polar surface area (TPSA) is 46.5 Å². The Morgan fingerprint density at radius 2 is 2.00 bits per heavy atom. The predicted molar refractivity (Wildman–Crippen MR) is 89.9 cm³/mol. The van der Waals surface area contributed by atoms with Gasteiger partial charge in [0.05, 0.1) is 7.11 Å². The van der Waals surface area contributed by atoms with E-state index >= 15 is 0 Å². The maximum absolute atomic E-state index is 12.2. The molecule has 1 aromatic heterocycles. The maximum atomic E-state index is 12.2. The third kappa shape index (κ3) is 5.13. The number of rotatable bonds is 8. The molecule has 1 N–H and O–H groups in total. The first kappa shape index (κ1) is 17.0. The molecular formula is C17H19ClO3S. The SMILES string of the molecule is COc1ccc(CC(CO)CC(=O)Cc2ccc(Cl)cc2)s1. The molecule has 1 unspecified atom stereocenters. The van der Waals surface area contributed by atoms with Crippen LogP contribution in [0.4, 0.5) is 0 Å². The number of ether oxygens (including phenoxy) is 1. The van der Waals surface area contributed by atoms with Crippen LogP contribution < -0.4 is 4.74 Å². The summed E-state index contributed by atoms with van der Waals surface area (Å²) in [6, 6.07) is 11.2. The summed E-state index contributed by atoms with van der Waals surface area (Å²) < 4.78 is 5.16. The lowest BCUT2D eigenvalue weighted by molar-refractivity contribution is -0.119. The minimum atomic E-state index is -0.0526. The van der Waals surface area contributed by atoms with Gasteiger partial charge in [0.1, 0.15) is 5.78 Å². The van der Waals surface area contributed by atoms with Crippen LogP contribution >= 0.6 is 22.9 Å². The number of aliphatic hydroxyl groups is 1. The third-order valence-electron chi connectivity index (χ3n) is 3.42. The van der Waals surface area contributed by atoms with Gasteiger partial charge in [0.2, 0.25) is 0 Å². The van der Waals surface area contributed by atoms with Gasteiger partial charge in [0, 0.05) is 29.3 Å². The number of Topliss-reactive ketones (excluding diaryl/α,β-unsaturated/α-hetero) is 1. The summed E-state index contributed by atoms with van der Waals surface area (Å²) in [7, 11) is 1.63. The quantitative estimate of drug-likeness (QED) is 0.797. The van der Waals surface area contributed by atoms with Crippen LogP contribution in [0.1, 0.15) is 16.9 Å². The second-order valence-corrected chi connectivity index (χ2v) is 6.79. The Hall–Kier alpha value is -1.36. The monoisotopic (exact) mass is 338 g/mol. The van der Waals surface area contributed by atoms with Crippen LogP contribution in [0.3, 0.4) is 0 Å². The van der Waals surface area contributed by atoms with Crippen LogP contribution in [0.25, 0.3) is 0 Å². The maximum Gasteiger partial charge on any atom is 0.173 e. The van der Waals surface area contributed by atoms with Crippen LogP contribution in [-0.4, -0.2) is 24.6 Å². The molecule has 2 aromatic rings. The van der Waals surface area contributed by atoms with E-state index in [-0.39, 0.29) is 18.3 Å². The van der Waals surface area contributed by atoms with Crippen molar-refractivity contribution >= 4 is 28.7 Å². The molecule has 0 aliphatic heterocycles. The van der Waals surface area contributed by atoms with Gasteiger partial charge in [-0.2, -0.15) is 0 Å². The minimum absolute atomic E-state index is 0.00652. The van der Waals surface area contributed by atoms with Gasteiger partial charge >= 0.3 is 0 Å². The molecule has 1 atom stereocenters. The highest BCUT2D eigenvalue weighted by Crippen LogP contribution is 2.27. The Balaban J connectivity index is 1.88. The van der Waals surface area contributed by atoms with Gasteiger partial charge in [-0.25, -0.2) is 0 Å². The Morgan fingerprint density at radius 3 is 2.59 bits per heavy atom. The van der Waals surface area contributed by atoms with Crippen molar-refractivity contribution in [1.82, 2.24) is 0 Å². The molecule has 0 saturated carbocycles. The molecular weight excluding hydrogens is 320 g/mol. The Labute approximate surface area is 139 Å². The number of ketones is 1. The number of halogens is 1. The van der Waals surface area contributed by atoms with E-state index in [0.29, 0.717) is 24.3 Å². The molecule has 2 rings (SSSR count). The van der Waals surface area contributed by atoms with Gasteiger partial charge < -0.3 is 9.84 Å². The fourth-order valence-corrected chi connectivity index (χ4v) is 3.35. The normalized spacial score (nSPS) is 12.1. The minimum Gasteiger partial charge on any atom is -0.487 e. The number of carbonyl (C=O) groups is 1. The average Bonchev–Trinajstić information content (AvgIpc) is 2.96. The van der Waals surface area contributed by atoms with Gasteiger partial charge in [0.25, 0.3) is 0 Å². The van der Waals surface area contributed by atoms with E-state index in [2.05, 4.69) is 0 Å². The molecule has 118 valence electrons. The van der Waals surface area contributed by atoms with Crippen molar-refractivity contribution in [3.63, 3.8) is 0 Å². The fraction of sp³-hybridized carbons (Fsp3) is 0.353. The Morgan fingerprint density at radius 1 is 1.27 bits per heavy atom. The molecule has 1 aromatic carbocycles. The predicted octanol–water partition coefficient (Wildman–Crippen LogP) is 3.76. The van der Waals surface area contributed by atoms with E-state index in [1.165, 1.54) is 0 Å². The number of carbonyl (C=O) groups excluding carboxylic acids is 1. The second-order valence-electron chi connectivity index (χ2n) is 5.22. The molecule has 0 spiro atoms. The summed E-state index contributed by atoms with van der Waals surface area (Å²) in [6.45, 7) is 0.00652. The first-order chi connectivity index (χ1) is 10.6. The number of aliphatic hydroxyl groups excluding tert-OH is 1. The van der Waals surface area contributed by atoms with Crippen molar-refractivity contribution in [3.8, 4) is 5.06 Å². The van der Waals surface area contributed by atoms with Crippen LogP contribution in [0.2, 0.25) is 5.02 Å². The van der Waals surface area contributed by atoms with Gasteiger partial charge in [-0.3, -0.25) is 4.79 Å². The van der Waals surface area contributed by atoms with Crippen molar-refractivity contribution in [2.75, 3.05) is 13.7 Å². The highest BCUT2D eigenvalue weighted by molar-refractivity contribution is 7.13. The number of benzene rings is 1. The number of thiophene rings is 1. The summed E-state index contributed by atoms with van der Waals surface area (Å²) in [6.07, 6.45) is 1.44. The lowest BCUT2D eigenvalue weighted by atomic mass is 9.96. The van der Waals surface area contributed by atoms with E-state index < -0.39 is 0 Å². The van der Waals surface area contributed by atoms with E-state index in [0.717, 1.165) is 15.5 Å². The zero-order chi connectivity index (χ0) is 15.9. The molecule has 22 heavy (non-hydrogen) atoms. The first-order valence-electron chi connectivity index (χ1n) is 7.10. The van der Waals surface area contributed by atoms with E-state index in [1.54, 1.807) is 30.6 Å². The van der Waals surface area contributed by atoms with Gasteiger partial charge in [-0.15, -0.1) is 11.3 Å². The highest BCUT2D eigenvalue weighted by Gasteiger charge is 2.15. The highest BCUT2D eigenvalue weighted by atomic mass is 35.5. The molecule has 0 bridgehead atoms. The summed E-state index contributed by atoms with van der Waals surface area (Å²) in [5.41, 5.74) is 0.948. The summed E-state index contributed by atoms with van der Waals surface area (Å²) >= 11 is 7.38. The first-order valence-corrected chi connectivity index (χ1v) is 8.30. The zero-order valence-corrected chi connectivity index (χ0v) is 14.0. The fourth-order valence-electron chi connectivity index (χ4n) is 2.29. The van der Waals surface area contributed by atoms with Crippen molar-refractivity contribution < 1.29 is 14.6 Å². The van der Waals surface area contributed by atoms with Crippen LogP contribution in [-0.2, 0) is 17.6 Å². The largest absolute Gasteiger partial charge is 0.487 e. The molecule has 1 heterocycles. The van der Waals surface area contributed by atoms with Crippen molar-refractivity contribution in [1.29, 1.82) is 0 Å².